The lowest BCUT2D eigenvalue weighted by atomic mass is 10.1. The number of carbonyl (C=O) groups is 2. The highest BCUT2D eigenvalue weighted by Crippen LogP contribution is 2.29. The molecule has 120 valence electrons. The highest BCUT2D eigenvalue weighted by Gasteiger charge is 2.30. The Hall–Kier alpha value is -2.63. The predicted molar refractivity (Wildman–Crippen MR) is 84.1 cm³/mol. The number of hydrogen-bond donors (Lipinski definition) is 0. The van der Waals surface area contributed by atoms with Crippen LogP contribution in [0.2, 0.25) is 0 Å². The molecule has 1 amide bonds. The molecule has 2 aromatic heterocycles. The minimum absolute atomic E-state index is 0.0616. The van der Waals surface area contributed by atoms with Crippen LogP contribution in [0.5, 0.6) is 0 Å². The molecule has 23 heavy (non-hydrogen) atoms. The highest BCUT2D eigenvalue weighted by atomic mass is 16.5. The van der Waals surface area contributed by atoms with Crippen molar-refractivity contribution >= 4 is 11.9 Å². The van der Waals surface area contributed by atoms with E-state index in [1.165, 1.54) is 19.4 Å². The van der Waals surface area contributed by atoms with E-state index in [-0.39, 0.29) is 17.6 Å². The summed E-state index contributed by atoms with van der Waals surface area (Å²) >= 11 is 0. The summed E-state index contributed by atoms with van der Waals surface area (Å²) in [5.41, 5.74) is 1.84. The number of amides is 1. The fraction of sp³-hybridized carbons (Fsp3) is 0.353. The van der Waals surface area contributed by atoms with Crippen molar-refractivity contribution in [1.82, 2.24) is 14.5 Å². The normalized spacial score (nSPS) is 16.8. The van der Waals surface area contributed by atoms with Crippen molar-refractivity contribution in [2.24, 2.45) is 0 Å². The van der Waals surface area contributed by atoms with Gasteiger partial charge in [0.25, 0.3) is 5.91 Å². The number of methoxy groups -OCH3 is 1. The smallest absolute Gasteiger partial charge is 0.356 e. The van der Waals surface area contributed by atoms with Gasteiger partial charge >= 0.3 is 5.97 Å². The molecule has 0 radical (unpaired) electrons. The molecule has 0 unspecified atom stereocenters. The fourth-order valence-corrected chi connectivity index (χ4v) is 3.05. The van der Waals surface area contributed by atoms with Crippen molar-refractivity contribution < 1.29 is 14.3 Å². The van der Waals surface area contributed by atoms with Crippen molar-refractivity contribution in [3.63, 3.8) is 0 Å². The Morgan fingerprint density at radius 2 is 2.13 bits per heavy atom. The second-order valence-corrected chi connectivity index (χ2v) is 5.47. The van der Waals surface area contributed by atoms with Crippen LogP contribution in [0.4, 0.5) is 0 Å². The summed E-state index contributed by atoms with van der Waals surface area (Å²) in [5, 5.41) is 0. The van der Waals surface area contributed by atoms with E-state index in [1.807, 2.05) is 17.2 Å². The molecule has 3 heterocycles. The zero-order valence-corrected chi connectivity index (χ0v) is 13.2. The number of pyridine rings is 1. The van der Waals surface area contributed by atoms with Crippen LogP contribution in [0.3, 0.4) is 0 Å². The zero-order valence-electron chi connectivity index (χ0n) is 13.2. The Morgan fingerprint density at radius 3 is 2.78 bits per heavy atom. The maximum atomic E-state index is 12.8. The Morgan fingerprint density at radius 1 is 1.30 bits per heavy atom. The van der Waals surface area contributed by atoms with E-state index >= 15 is 0 Å². The molecular formula is C17H19N3O3. The maximum Gasteiger partial charge on any atom is 0.356 e. The minimum atomic E-state index is -0.508. The molecule has 1 atom stereocenters. The number of aromatic nitrogens is 2. The fourth-order valence-electron chi connectivity index (χ4n) is 3.05. The number of hydrogen-bond acceptors (Lipinski definition) is 4. The highest BCUT2D eigenvalue weighted by molar-refractivity contribution is 5.95. The van der Waals surface area contributed by atoms with Crippen LogP contribution in [0.15, 0.2) is 36.7 Å². The van der Waals surface area contributed by atoms with Crippen LogP contribution in [0, 0.1) is 0 Å². The Kier molecular flexibility index (Phi) is 4.14. The topological polar surface area (TPSA) is 64.4 Å². The molecule has 0 fully saturated rings. The van der Waals surface area contributed by atoms with E-state index in [9.17, 15) is 9.59 Å². The summed E-state index contributed by atoms with van der Waals surface area (Å²) < 4.78 is 6.81. The minimum Gasteiger partial charge on any atom is -0.464 e. The van der Waals surface area contributed by atoms with Crippen molar-refractivity contribution in [2.75, 3.05) is 13.7 Å². The number of carbonyl (C=O) groups excluding carboxylic acids is 2. The lowest BCUT2D eigenvalue weighted by Gasteiger charge is -2.36. The summed E-state index contributed by atoms with van der Waals surface area (Å²) in [4.78, 5) is 30.1. The summed E-state index contributed by atoms with van der Waals surface area (Å²) in [6.07, 6.45) is 4.34. The third-order valence-corrected chi connectivity index (χ3v) is 4.22. The Bertz CT molecular complexity index is 721. The summed E-state index contributed by atoms with van der Waals surface area (Å²) in [5.74, 6) is -0.570. The molecule has 0 bridgehead atoms. The van der Waals surface area contributed by atoms with Crippen LogP contribution in [0.1, 0.15) is 45.9 Å². The average molecular weight is 313 g/mol. The summed E-state index contributed by atoms with van der Waals surface area (Å²) in [7, 11) is 1.30. The molecule has 0 saturated carbocycles. The largest absolute Gasteiger partial charge is 0.464 e. The van der Waals surface area contributed by atoms with E-state index < -0.39 is 5.97 Å². The molecule has 0 saturated heterocycles. The average Bonchev–Trinajstić information content (AvgIpc) is 3.08. The number of rotatable bonds is 3. The lowest BCUT2D eigenvalue weighted by molar-refractivity contribution is 0.0587. The quantitative estimate of drug-likeness (QED) is 0.816. The molecular weight excluding hydrogens is 294 g/mol. The van der Waals surface area contributed by atoms with Crippen molar-refractivity contribution in [2.45, 2.75) is 25.9 Å². The van der Waals surface area contributed by atoms with Gasteiger partial charge < -0.3 is 14.2 Å². The van der Waals surface area contributed by atoms with Crippen molar-refractivity contribution in [3.8, 4) is 0 Å². The van der Waals surface area contributed by atoms with Gasteiger partial charge in [0.15, 0.2) is 0 Å². The number of ether oxygens (including phenoxy) is 1. The van der Waals surface area contributed by atoms with Gasteiger partial charge in [0.2, 0.25) is 0 Å². The number of nitrogens with zero attached hydrogens (tertiary/aromatic N) is 3. The molecule has 6 heteroatoms. The molecule has 1 aliphatic heterocycles. The molecule has 0 N–H and O–H groups in total. The monoisotopic (exact) mass is 313 g/mol. The molecule has 6 nitrogen and oxygen atoms in total. The number of esters is 1. The molecule has 0 aliphatic carbocycles. The van der Waals surface area contributed by atoms with Gasteiger partial charge in [0, 0.05) is 31.2 Å². The lowest BCUT2D eigenvalue weighted by Crippen LogP contribution is -2.41. The molecule has 1 aliphatic rings. The number of fused-ring (bicyclic) bond motifs is 1. The first kappa shape index (κ1) is 15.3. The van der Waals surface area contributed by atoms with E-state index in [2.05, 4.69) is 27.3 Å². The maximum absolute atomic E-state index is 12.8. The summed E-state index contributed by atoms with van der Waals surface area (Å²) in [6, 6.07) is 7.28. The summed E-state index contributed by atoms with van der Waals surface area (Å²) in [6.45, 7) is 3.53. The van der Waals surface area contributed by atoms with Gasteiger partial charge in [-0.15, -0.1) is 0 Å². The van der Waals surface area contributed by atoms with Crippen LogP contribution >= 0.6 is 0 Å². The SMILES string of the molecule is CC[C@H]1c2cccn2CCN1C(=O)c1ccc(C(=O)OC)nc1. The van der Waals surface area contributed by atoms with Gasteiger partial charge in [-0.25, -0.2) is 9.78 Å². The van der Waals surface area contributed by atoms with Crippen LogP contribution < -0.4 is 0 Å². The van der Waals surface area contributed by atoms with Gasteiger partial charge in [-0.3, -0.25) is 4.79 Å². The predicted octanol–water partition coefficient (Wildman–Crippen LogP) is 2.28. The van der Waals surface area contributed by atoms with Gasteiger partial charge in [-0.1, -0.05) is 6.92 Å². The standard InChI is InChI=1S/C17H19N3O3/c1-3-14-15-5-4-8-19(15)9-10-20(14)16(21)12-6-7-13(18-11-12)17(22)23-2/h4-8,11,14H,3,9-10H2,1-2H3/t14-/m0/s1. The van der Waals surface area contributed by atoms with Crippen LogP contribution in [0.25, 0.3) is 0 Å². The van der Waals surface area contributed by atoms with E-state index in [0.717, 1.165) is 18.7 Å². The molecule has 3 rings (SSSR count). The van der Waals surface area contributed by atoms with Gasteiger partial charge in [0.1, 0.15) is 5.69 Å². The second-order valence-electron chi connectivity index (χ2n) is 5.47. The van der Waals surface area contributed by atoms with Gasteiger partial charge in [-0.05, 0) is 30.7 Å². The first-order chi connectivity index (χ1) is 11.2. The second kappa shape index (κ2) is 6.24. The first-order valence-electron chi connectivity index (χ1n) is 7.66. The third kappa shape index (κ3) is 2.72. The third-order valence-electron chi connectivity index (χ3n) is 4.22. The van der Waals surface area contributed by atoms with Crippen molar-refractivity contribution in [3.05, 3.63) is 53.6 Å². The van der Waals surface area contributed by atoms with E-state index in [4.69, 9.17) is 0 Å². The molecule has 0 aromatic carbocycles. The Labute approximate surface area is 134 Å². The zero-order chi connectivity index (χ0) is 16.4. The molecule has 2 aromatic rings. The van der Waals surface area contributed by atoms with E-state index in [1.54, 1.807) is 6.07 Å². The van der Waals surface area contributed by atoms with Crippen molar-refractivity contribution in [1.29, 1.82) is 0 Å². The van der Waals surface area contributed by atoms with Crippen LogP contribution in [-0.4, -0.2) is 40.0 Å². The Balaban J connectivity index is 1.84. The molecule has 0 spiro atoms. The van der Waals surface area contributed by atoms with Gasteiger partial charge in [-0.2, -0.15) is 0 Å². The first-order valence-corrected chi connectivity index (χ1v) is 7.66. The van der Waals surface area contributed by atoms with Crippen LogP contribution in [-0.2, 0) is 11.3 Å². The van der Waals surface area contributed by atoms with Gasteiger partial charge in [0.05, 0.1) is 18.7 Å². The van der Waals surface area contributed by atoms with E-state index in [0.29, 0.717) is 12.1 Å².